The predicted octanol–water partition coefficient (Wildman–Crippen LogP) is 17.6. The SMILES string of the molecule is c1ccc(C2(c3ccccc3)c3ccccc3-c3c(N(c4ccc(-c5cccc(-c6cccc7ccccc67)c5)cc4)c4ccccc4-c4cccc5c4oc4ccccc45)cccc32)cc1. The molecule has 1 aromatic heterocycles. The van der Waals surface area contributed by atoms with Crippen molar-refractivity contribution in [2.45, 2.75) is 5.41 Å². The van der Waals surface area contributed by atoms with Gasteiger partial charge in [-0.3, -0.25) is 0 Å². The van der Waals surface area contributed by atoms with Gasteiger partial charge in [0, 0.05) is 33.2 Å². The molecule has 1 heterocycles. The Balaban J connectivity index is 1.04. The topological polar surface area (TPSA) is 16.4 Å². The quantitative estimate of drug-likeness (QED) is 0.151. The molecule has 67 heavy (non-hydrogen) atoms. The molecule has 0 spiro atoms. The highest BCUT2D eigenvalue weighted by molar-refractivity contribution is 6.11. The van der Waals surface area contributed by atoms with E-state index < -0.39 is 5.41 Å². The van der Waals surface area contributed by atoms with Gasteiger partial charge in [-0.15, -0.1) is 0 Å². The molecule has 13 rings (SSSR count). The van der Waals surface area contributed by atoms with Crippen LogP contribution in [-0.2, 0) is 5.41 Å². The van der Waals surface area contributed by atoms with Gasteiger partial charge in [0.1, 0.15) is 11.2 Å². The molecular formula is C65H43NO. The Bertz CT molecular complexity index is 3760. The average Bonchev–Trinajstić information content (AvgIpc) is 3.94. The van der Waals surface area contributed by atoms with Gasteiger partial charge in [0.2, 0.25) is 0 Å². The largest absolute Gasteiger partial charge is 0.455 e. The molecule has 0 bridgehead atoms. The molecule has 0 N–H and O–H groups in total. The molecule has 2 nitrogen and oxygen atoms in total. The van der Waals surface area contributed by atoms with E-state index in [0.717, 1.165) is 55.7 Å². The van der Waals surface area contributed by atoms with Gasteiger partial charge in [-0.25, -0.2) is 0 Å². The van der Waals surface area contributed by atoms with Crippen molar-refractivity contribution in [1.29, 1.82) is 0 Å². The van der Waals surface area contributed by atoms with Crippen LogP contribution in [0.4, 0.5) is 17.1 Å². The molecule has 0 atom stereocenters. The van der Waals surface area contributed by atoms with Gasteiger partial charge in [0.25, 0.3) is 0 Å². The number of benzene rings is 11. The Hall–Kier alpha value is -8.72. The van der Waals surface area contributed by atoms with Crippen molar-refractivity contribution in [1.82, 2.24) is 0 Å². The zero-order valence-electron chi connectivity index (χ0n) is 36.7. The van der Waals surface area contributed by atoms with Gasteiger partial charge in [0.05, 0.1) is 16.8 Å². The monoisotopic (exact) mass is 853 g/mol. The third-order valence-corrected chi connectivity index (χ3v) is 14.0. The van der Waals surface area contributed by atoms with Gasteiger partial charge in [-0.1, -0.05) is 224 Å². The lowest BCUT2D eigenvalue weighted by Crippen LogP contribution is -2.28. The first-order valence-electron chi connectivity index (χ1n) is 23.1. The first-order valence-corrected chi connectivity index (χ1v) is 23.1. The molecule has 0 fully saturated rings. The maximum Gasteiger partial charge on any atom is 0.143 e. The molecule has 0 radical (unpaired) electrons. The molecule has 1 aliphatic rings. The lowest BCUT2D eigenvalue weighted by molar-refractivity contribution is 0.670. The van der Waals surface area contributed by atoms with Gasteiger partial charge in [-0.05, 0) is 97.2 Å². The van der Waals surface area contributed by atoms with Crippen LogP contribution in [0.15, 0.2) is 265 Å². The van der Waals surface area contributed by atoms with Crippen molar-refractivity contribution >= 4 is 49.8 Å². The lowest BCUT2D eigenvalue weighted by atomic mass is 9.68. The van der Waals surface area contributed by atoms with E-state index in [2.05, 4.69) is 260 Å². The third kappa shape index (κ3) is 6.11. The smallest absolute Gasteiger partial charge is 0.143 e. The maximum atomic E-state index is 6.74. The number of rotatable bonds is 8. The van der Waals surface area contributed by atoms with Crippen molar-refractivity contribution in [3.05, 3.63) is 283 Å². The minimum Gasteiger partial charge on any atom is -0.455 e. The van der Waals surface area contributed by atoms with Crippen LogP contribution in [0.25, 0.3) is 77.2 Å². The zero-order valence-corrected chi connectivity index (χ0v) is 36.7. The standard InChI is InChI=1S/C65H43NO/c1-3-23-48(24-4-1)65(49-25-5-2-6-26-49)58-34-12-9-30-57(58)63-59(65)35-18-37-61(63)66(60-36-13-10-28-53(60)55-32-17-33-56-54-29-11-14-38-62(54)67-64(55)56)50-41-39-44(40-42-50)46-21-15-22-47(43-46)52-31-16-20-45-19-7-8-27-51(45)52/h1-43H. The third-order valence-electron chi connectivity index (χ3n) is 14.0. The van der Waals surface area contributed by atoms with Crippen LogP contribution in [0.1, 0.15) is 22.3 Å². The number of anilines is 3. The van der Waals surface area contributed by atoms with Crippen LogP contribution in [0.5, 0.6) is 0 Å². The Morgan fingerprint density at radius 2 is 0.881 bits per heavy atom. The van der Waals surface area contributed by atoms with Gasteiger partial charge < -0.3 is 9.32 Å². The number of nitrogens with zero attached hydrogens (tertiary/aromatic N) is 1. The maximum absolute atomic E-state index is 6.74. The van der Waals surface area contributed by atoms with Gasteiger partial charge in [0.15, 0.2) is 0 Å². The second kappa shape index (κ2) is 15.8. The van der Waals surface area contributed by atoms with Crippen molar-refractivity contribution in [3.63, 3.8) is 0 Å². The summed E-state index contributed by atoms with van der Waals surface area (Å²) in [5.41, 5.74) is 18.8. The summed E-state index contributed by atoms with van der Waals surface area (Å²) >= 11 is 0. The zero-order chi connectivity index (χ0) is 44.3. The Kier molecular flexibility index (Phi) is 9.11. The molecular weight excluding hydrogens is 811 g/mol. The Morgan fingerprint density at radius 3 is 1.70 bits per heavy atom. The molecule has 2 heteroatoms. The fourth-order valence-corrected chi connectivity index (χ4v) is 11.1. The highest BCUT2D eigenvalue weighted by atomic mass is 16.3. The van der Waals surface area contributed by atoms with Crippen molar-refractivity contribution < 1.29 is 4.42 Å². The molecule has 0 amide bonds. The minimum atomic E-state index is -0.547. The summed E-state index contributed by atoms with van der Waals surface area (Å²) < 4.78 is 6.74. The fraction of sp³-hybridized carbons (Fsp3) is 0.0154. The van der Waals surface area contributed by atoms with Gasteiger partial charge in [-0.2, -0.15) is 0 Å². The molecule has 0 aliphatic heterocycles. The summed E-state index contributed by atoms with van der Waals surface area (Å²) in [4.78, 5) is 2.48. The molecule has 314 valence electrons. The normalized spacial score (nSPS) is 12.6. The van der Waals surface area contributed by atoms with E-state index in [1.807, 2.05) is 6.07 Å². The van der Waals surface area contributed by atoms with Crippen LogP contribution < -0.4 is 4.90 Å². The fourth-order valence-electron chi connectivity index (χ4n) is 11.1. The first kappa shape index (κ1) is 38.7. The summed E-state index contributed by atoms with van der Waals surface area (Å²) in [5.74, 6) is 0. The highest BCUT2D eigenvalue weighted by Gasteiger charge is 2.47. The predicted molar refractivity (Wildman–Crippen MR) is 280 cm³/mol. The Labute approximate surface area is 390 Å². The average molecular weight is 854 g/mol. The molecule has 0 saturated heterocycles. The molecule has 0 unspecified atom stereocenters. The number of hydrogen-bond donors (Lipinski definition) is 0. The van der Waals surface area contributed by atoms with E-state index in [9.17, 15) is 0 Å². The number of para-hydroxylation sites is 3. The van der Waals surface area contributed by atoms with E-state index in [-0.39, 0.29) is 0 Å². The second-order valence-corrected chi connectivity index (χ2v) is 17.5. The molecule has 12 aromatic rings. The second-order valence-electron chi connectivity index (χ2n) is 17.5. The van der Waals surface area contributed by atoms with Crippen molar-refractivity contribution in [3.8, 4) is 44.5 Å². The molecule has 0 saturated carbocycles. The van der Waals surface area contributed by atoms with Crippen molar-refractivity contribution in [2.24, 2.45) is 0 Å². The van der Waals surface area contributed by atoms with Crippen LogP contribution >= 0.6 is 0 Å². The molecule has 11 aromatic carbocycles. The lowest BCUT2D eigenvalue weighted by Gasteiger charge is -2.34. The Morgan fingerprint density at radius 1 is 0.328 bits per heavy atom. The summed E-state index contributed by atoms with van der Waals surface area (Å²) in [6.45, 7) is 0. The number of hydrogen-bond acceptors (Lipinski definition) is 2. The van der Waals surface area contributed by atoms with Crippen LogP contribution in [-0.4, -0.2) is 0 Å². The van der Waals surface area contributed by atoms with Crippen LogP contribution in [0, 0.1) is 0 Å². The molecule has 1 aliphatic carbocycles. The van der Waals surface area contributed by atoms with E-state index in [0.29, 0.717) is 0 Å². The summed E-state index contributed by atoms with van der Waals surface area (Å²) in [5, 5.41) is 4.72. The minimum absolute atomic E-state index is 0.547. The summed E-state index contributed by atoms with van der Waals surface area (Å²) in [6, 6.07) is 95.0. The van der Waals surface area contributed by atoms with E-state index in [1.165, 1.54) is 60.8 Å². The van der Waals surface area contributed by atoms with Crippen LogP contribution in [0.2, 0.25) is 0 Å². The van der Waals surface area contributed by atoms with E-state index >= 15 is 0 Å². The van der Waals surface area contributed by atoms with Crippen molar-refractivity contribution in [2.75, 3.05) is 4.90 Å². The van der Waals surface area contributed by atoms with Crippen LogP contribution in [0.3, 0.4) is 0 Å². The number of fused-ring (bicyclic) bond motifs is 7. The summed E-state index contributed by atoms with van der Waals surface area (Å²) in [6.07, 6.45) is 0. The summed E-state index contributed by atoms with van der Waals surface area (Å²) in [7, 11) is 0. The van der Waals surface area contributed by atoms with E-state index in [1.54, 1.807) is 0 Å². The first-order chi connectivity index (χ1) is 33.3. The van der Waals surface area contributed by atoms with E-state index in [4.69, 9.17) is 4.42 Å². The van der Waals surface area contributed by atoms with Gasteiger partial charge >= 0.3 is 0 Å². The number of furan rings is 1. The highest BCUT2D eigenvalue weighted by Crippen LogP contribution is 2.60.